The van der Waals surface area contributed by atoms with Crippen LogP contribution in [0.15, 0.2) is 0 Å². The lowest BCUT2D eigenvalue weighted by Gasteiger charge is -2.49. The third-order valence-corrected chi connectivity index (χ3v) is 8.36. The van der Waals surface area contributed by atoms with Gasteiger partial charge < -0.3 is 0 Å². The second-order valence-corrected chi connectivity index (χ2v) is 9.50. The summed E-state index contributed by atoms with van der Waals surface area (Å²) in [6.45, 7) is 3.73. The second-order valence-electron chi connectivity index (χ2n) is 5.77. The molecule has 0 aromatic rings. The van der Waals surface area contributed by atoms with Crippen molar-refractivity contribution in [3.8, 4) is 0 Å². The van der Waals surface area contributed by atoms with Gasteiger partial charge in [-0.05, 0) is 49.9 Å². The van der Waals surface area contributed by atoms with Crippen molar-refractivity contribution in [1.29, 1.82) is 0 Å². The molecular weight excluding hydrogens is 214 g/mol. The molecule has 16 heavy (non-hydrogen) atoms. The van der Waals surface area contributed by atoms with Crippen LogP contribution in [0.4, 0.5) is 0 Å². The smallest absolute Gasteiger partial charge is 0.0187 e. The Labute approximate surface area is 103 Å². The molecule has 0 spiro atoms. The van der Waals surface area contributed by atoms with Crippen molar-refractivity contribution in [3.05, 3.63) is 0 Å². The van der Waals surface area contributed by atoms with E-state index in [0.717, 1.165) is 6.04 Å². The van der Waals surface area contributed by atoms with Gasteiger partial charge >= 0.3 is 0 Å². The minimum atomic E-state index is -0.373. The van der Waals surface area contributed by atoms with E-state index in [1.165, 1.54) is 69.4 Å². The van der Waals surface area contributed by atoms with Crippen molar-refractivity contribution < 1.29 is 0 Å². The molecule has 2 heteroatoms. The summed E-state index contributed by atoms with van der Waals surface area (Å²) < 4.78 is 2.99. The van der Waals surface area contributed by atoms with E-state index in [-0.39, 0.29) is 10.2 Å². The first-order valence-corrected chi connectivity index (χ1v) is 9.60. The van der Waals surface area contributed by atoms with Gasteiger partial charge in [0.1, 0.15) is 0 Å². The topological polar surface area (TPSA) is 3.24 Å². The first-order chi connectivity index (χ1) is 7.76. The zero-order chi connectivity index (χ0) is 11.4. The molecule has 0 aromatic carbocycles. The van der Waals surface area contributed by atoms with Gasteiger partial charge in [0.25, 0.3) is 0 Å². The molecule has 1 nitrogen and oxygen atoms in total. The highest BCUT2D eigenvalue weighted by atomic mass is 32.3. The second kappa shape index (κ2) is 5.77. The first-order valence-electron chi connectivity index (χ1n) is 7.27. The van der Waals surface area contributed by atoms with Crippen LogP contribution in [0.1, 0.15) is 58.3 Å². The van der Waals surface area contributed by atoms with Crippen molar-refractivity contribution in [3.63, 3.8) is 0 Å². The van der Waals surface area contributed by atoms with Crippen molar-refractivity contribution in [2.75, 3.05) is 24.3 Å². The Morgan fingerprint density at radius 3 is 2.19 bits per heavy atom. The molecule has 1 aliphatic carbocycles. The number of rotatable bonds is 4. The molecule has 96 valence electrons. The number of nitrogens with zero attached hydrogens (tertiary/aromatic N) is 1. The zero-order valence-corrected chi connectivity index (χ0v) is 12.0. The Hall–Kier alpha value is 0.310. The van der Waals surface area contributed by atoms with Gasteiger partial charge in [0, 0.05) is 12.6 Å². The summed E-state index contributed by atoms with van der Waals surface area (Å²) in [5.41, 5.74) is 0. The minimum Gasteiger partial charge on any atom is -0.265 e. The zero-order valence-electron chi connectivity index (χ0n) is 11.2. The highest BCUT2D eigenvalue weighted by molar-refractivity contribution is 8.31. The van der Waals surface area contributed by atoms with Crippen LogP contribution in [0, 0.1) is 0 Å². The fourth-order valence-corrected chi connectivity index (χ4v) is 7.39. The Kier molecular flexibility index (Phi) is 4.60. The maximum absolute atomic E-state index is 2.99. The van der Waals surface area contributed by atoms with Crippen LogP contribution in [0.25, 0.3) is 0 Å². The average Bonchev–Trinajstić information content (AvgIpc) is 2.75. The summed E-state index contributed by atoms with van der Waals surface area (Å²) in [6, 6.07) is 0.951. The maximum atomic E-state index is 2.99. The SMILES string of the molecule is CCCN(C1CCCCC1)S1(C)CCCC1. The molecular formula is C14H29NS. The van der Waals surface area contributed by atoms with Gasteiger partial charge in [-0.15, -0.1) is 0 Å². The Morgan fingerprint density at radius 1 is 1.00 bits per heavy atom. The van der Waals surface area contributed by atoms with Gasteiger partial charge in [-0.3, -0.25) is 4.31 Å². The van der Waals surface area contributed by atoms with E-state index in [9.17, 15) is 0 Å². The number of hydrogen-bond acceptors (Lipinski definition) is 1. The summed E-state index contributed by atoms with van der Waals surface area (Å²) >= 11 is 0. The standard InChI is InChI=1S/C14H29NS/c1-3-11-15(14-9-5-4-6-10-14)16(2)12-7-8-13-16/h14H,3-13H2,1-2H3. The minimum absolute atomic E-state index is 0.373. The van der Waals surface area contributed by atoms with Gasteiger partial charge in [0.2, 0.25) is 0 Å². The quantitative estimate of drug-likeness (QED) is 0.716. The van der Waals surface area contributed by atoms with E-state index in [4.69, 9.17) is 0 Å². The van der Waals surface area contributed by atoms with E-state index < -0.39 is 0 Å². The van der Waals surface area contributed by atoms with Crippen LogP contribution in [0.5, 0.6) is 0 Å². The molecule has 2 fully saturated rings. The molecule has 0 bridgehead atoms. The molecule has 0 radical (unpaired) electrons. The summed E-state index contributed by atoms with van der Waals surface area (Å²) in [5, 5.41) is 0. The van der Waals surface area contributed by atoms with Crippen molar-refractivity contribution >= 4 is 10.2 Å². The van der Waals surface area contributed by atoms with Crippen molar-refractivity contribution in [2.45, 2.75) is 64.3 Å². The van der Waals surface area contributed by atoms with E-state index in [1.54, 1.807) is 0 Å². The van der Waals surface area contributed by atoms with Gasteiger partial charge in [0.05, 0.1) is 0 Å². The van der Waals surface area contributed by atoms with E-state index in [2.05, 4.69) is 17.5 Å². The fraction of sp³-hybridized carbons (Fsp3) is 1.00. The average molecular weight is 243 g/mol. The molecule has 0 N–H and O–H groups in total. The lowest BCUT2D eigenvalue weighted by atomic mass is 9.95. The third kappa shape index (κ3) is 2.76. The summed E-state index contributed by atoms with van der Waals surface area (Å²) in [4.78, 5) is 0. The van der Waals surface area contributed by atoms with E-state index >= 15 is 0 Å². The number of hydrogen-bond donors (Lipinski definition) is 0. The van der Waals surface area contributed by atoms with E-state index in [1.807, 2.05) is 0 Å². The van der Waals surface area contributed by atoms with Crippen LogP contribution in [0.3, 0.4) is 0 Å². The molecule has 0 amide bonds. The van der Waals surface area contributed by atoms with Crippen LogP contribution >= 0.6 is 10.2 Å². The molecule has 1 saturated carbocycles. The predicted molar refractivity (Wildman–Crippen MR) is 76.4 cm³/mol. The van der Waals surface area contributed by atoms with Gasteiger partial charge in [-0.1, -0.05) is 26.2 Å². The molecule has 1 aliphatic heterocycles. The molecule has 0 unspecified atom stereocenters. The lowest BCUT2D eigenvalue weighted by Crippen LogP contribution is -2.40. The summed E-state index contributed by atoms with van der Waals surface area (Å²) in [6.07, 6.45) is 14.4. The maximum Gasteiger partial charge on any atom is 0.0187 e. The molecule has 1 heterocycles. The summed E-state index contributed by atoms with van der Waals surface area (Å²) in [5.74, 6) is 3.06. The molecule has 1 saturated heterocycles. The van der Waals surface area contributed by atoms with Gasteiger partial charge in [0.15, 0.2) is 0 Å². The predicted octanol–water partition coefficient (Wildman–Crippen LogP) is 4.17. The van der Waals surface area contributed by atoms with Crippen molar-refractivity contribution in [1.82, 2.24) is 4.31 Å². The Morgan fingerprint density at radius 2 is 1.62 bits per heavy atom. The van der Waals surface area contributed by atoms with Crippen LogP contribution < -0.4 is 0 Å². The highest BCUT2D eigenvalue weighted by Crippen LogP contribution is 2.55. The normalized spacial score (nSPS) is 28.4. The largest absolute Gasteiger partial charge is 0.265 e. The molecule has 0 aromatic heterocycles. The van der Waals surface area contributed by atoms with Crippen LogP contribution in [-0.4, -0.2) is 34.7 Å². The lowest BCUT2D eigenvalue weighted by molar-refractivity contribution is 0.267. The third-order valence-electron chi connectivity index (χ3n) is 4.41. The highest BCUT2D eigenvalue weighted by Gasteiger charge is 2.34. The van der Waals surface area contributed by atoms with Crippen LogP contribution in [0.2, 0.25) is 0 Å². The fourth-order valence-electron chi connectivity index (χ4n) is 3.51. The summed E-state index contributed by atoms with van der Waals surface area (Å²) in [7, 11) is -0.373. The van der Waals surface area contributed by atoms with Gasteiger partial charge in [-0.25, -0.2) is 0 Å². The van der Waals surface area contributed by atoms with E-state index in [0.29, 0.717) is 0 Å². The van der Waals surface area contributed by atoms with Gasteiger partial charge in [-0.2, -0.15) is 10.2 Å². The first kappa shape index (κ1) is 12.8. The van der Waals surface area contributed by atoms with Crippen LogP contribution in [-0.2, 0) is 0 Å². The molecule has 0 atom stereocenters. The Balaban J connectivity index is 2.02. The molecule has 2 rings (SSSR count). The molecule has 2 aliphatic rings. The Bertz CT molecular complexity index is 205. The monoisotopic (exact) mass is 243 g/mol. The van der Waals surface area contributed by atoms with Crippen molar-refractivity contribution in [2.24, 2.45) is 0 Å².